The van der Waals surface area contributed by atoms with Crippen LogP contribution in [0.4, 0.5) is 0 Å². The molecule has 0 aliphatic carbocycles. The van der Waals surface area contributed by atoms with Gasteiger partial charge in [0.05, 0.1) is 18.2 Å². The second-order valence-electron chi connectivity index (χ2n) is 4.41. The molecule has 1 saturated heterocycles. The number of aliphatic hydroxyl groups excluding tert-OH is 2. The Hall–Kier alpha value is -0.650. The van der Waals surface area contributed by atoms with E-state index in [1.807, 2.05) is 0 Å². The van der Waals surface area contributed by atoms with E-state index < -0.39 is 12.2 Å². The molecule has 1 amide bonds. The maximum absolute atomic E-state index is 11.7. The fraction of sp³-hybridized carbons (Fsp3) is 0.909. The molecule has 1 heterocycles. The van der Waals surface area contributed by atoms with E-state index in [1.165, 1.54) is 0 Å². The number of aliphatic hydroxyl groups is 2. The Morgan fingerprint density at radius 1 is 1.44 bits per heavy atom. The van der Waals surface area contributed by atoms with Crippen LogP contribution in [0.1, 0.15) is 26.7 Å². The smallest absolute Gasteiger partial charge is 0.237 e. The van der Waals surface area contributed by atoms with Crippen LogP contribution >= 0.6 is 0 Å². The first kappa shape index (κ1) is 13.4. The van der Waals surface area contributed by atoms with Crippen molar-refractivity contribution in [2.24, 2.45) is 0 Å². The summed E-state index contributed by atoms with van der Waals surface area (Å²) in [4.78, 5) is 13.5. The van der Waals surface area contributed by atoms with Crippen LogP contribution in [0.5, 0.6) is 0 Å². The topological polar surface area (TPSA) is 72.8 Å². The van der Waals surface area contributed by atoms with Crippen LogP contribution in [0.3, 0.4) is 0 Å². The van der Waals surface area contributed by atoms with Gasteiger partial charge in [0.25, 0.3) is 0 Å². The van der Waals surface area contributed by atoms with Gasteiger partial charge in [-0.15, -0.1) is 0 Å². The summed E-state index contributed by atoms with van der Waals surface area (Å²) in [5, 5.41) is 21.6. The fourth-order valence-electron chi connectivity index (χ4n) is 1.82. The largest absolute Gasteiger partial charge is 0.389 e. The lowest BCUT2D eigenvalue weighted by Gasteiger charge is -2.22. The molecule has 3 N–H and O–H groups in total. The number of hydrogen-bond donors (Lipinski definition) is 3. The molecular weight excluding hydrogens is 208 g/mol. The molecule has 94 valence electrons. The molecule has 0 aromatic carbocycles. The fourth-order valence-corrected chi connectivity index (χ4v) is 1.82. The first-order chi connectivity index (χ1) is 7.56. The van der Waals surface area contributed by atoms with E-state index in [1.54, 1.807) is 11.8 Å². The molecule has 0 aromatic rings. The van der Waals surface area contributed by atoms with Gasteiger partial charge in [0, 0.05) is 19.6 Å². The van der Waals surface area contributed by atoms with Crippen molar-refractivity contribution in [1.29, 1.82) is 0 Å². The molecule has 1 aliphatic heterocycles. The van der Waals surface area contributed by atoms with Crippen LogP contribution in [-0.4, -0.2) is 58.9 Å². The minimum Gasteiger partial charge on any atom is -0.389 e. The minimum atomic E-state index is -0.731. The number of nitrogens with one attached hydrogen (secondary N) is 1. The van der Waals surface area contributed by atoms with Gasteiger partial charge in [0.2, 0.25) is 5.91 Å². The lowest BCUT2D eigenvalue weighted by atomic mass is 10.2. The van der Waals surface area contributed by atoms with Gasteiger partial charge in [-0.05, 0) is 13.3 Å². The van der Waals surface area contributed by atoms with E-state index in [0.29, 0.717) is 19.6 Å². The minimum absolute atomic E-state index is 0.0326. The van der Waals surface area contributed by atoms with Crippen molar-refractivity contribution < 1.29 is 15.0 Å². The molecule has 0 bridgehead atoms. The molecule has 0 saturated carbocycles. The quantitative estimate of drug-likeness (QED) is 0.548. The molecule has 0 radical (unpaired) electrons. The molecule has 0 spiro atoms. The zero-order valence-electron chi connectivity index (χ0n) is 10.0. The standard InChI is InChI=1S/C11H22N2O3/c1-3-4-5-12-11(16)8(2)13-6-9(14)10(15)7-13/h8-10,14-15H,3-7H2,1-2H3,(H,12,16). The Kier molecular flexibility index (Phi) is 5.18. The summed E-state index contributed by atoms with van der Waals surface area (Å²) in [6.45, 7) is 5.29. The third-order valence-corrected chi connectivity index (χ3v) is 3.04. The summed E-state index contributed by atoms with van der Waals surface area (Å²) in [6.07, 6.45) is 0.566. The third kappa shape index (κ3) is 3.43. The average Bonchev–Trinajstić information content (AvgIpc) is 2.58. The van der Waals surface area contributed by atoms with E-state index in [0.717, 1.165) is 12.8 Å². The summed E-state index contributed by atoms with van der Waals surface area (Å²) in [5.41, 5.74) is 0. The van der Waals surface area contributed by atoms with Crippen molar-refractivity contribution >= 4 is 5.91 Å². The van der Waals surface area contributed by atoms with Gasteiger partial charge in [-0.25, -0.2) is 0 Å². The normalized spacial score (nSPS) is 28.0. The lowest BCUT2D eigenvalue weighted by molar-refractivity contribution is -0.125. The predicted molar refractivity (Wildman–Crippen MR) is 61.0 cm³/mol. The van der Waals surface area contributed by atoms with Gasteiger partial charge in [-0.3, -0.25) is 9.69 Å². The highest BCUT2D eigenvalue weighted by atomic mass is 16.3. The highest BCUT2D eigenvalue weighted by Crippen LogP contribution is 2.13. The Bertz CT molecular complexity index is 225. The summed E-state index contributed by atoms with van der Waals surface area (Å²) < 4.78 is 0. The second kappa shape index (κ2) is 6.18. The number of nitrogens with zero attached hydrogens (tertiary/aromatic N) is 1. The van der Waals surface area contributed by atoms with E-state index in [-0.39, 0.29) is 11.9 Å². The number of rotatable bonds is 5. The summed E-state index contributed by atoms with van der Waals surface area (Å²) in [6, 6.07) is -0.288. The Morgan fingerprint density at radius 3 is 2.50 bits per heavy atom. The summed E-state index contributed by atoms with van der Waals surface area (Å²) >= 11 is 0. The van der Waals surface area contributed by atoms with Gasteiger partial charge in [-0.2, -0.15) is 0 Å². The first-order valence-electron chi connectivity index (χ1n) is 5.94. The highest BCUT2D eigenvalue weighted by molar-refractivity contribution is 5.81. The number of unbranched alkanes of at least 4 members (excludes halogenated alkanes) is 1. The van der Waals surface area contributed by atoms with E-state index in [4.69, 9.17) is 0 Å². The van der Waals surface area contributed by atoms with Crippen molar-refractivity contribution in [3.8, 4) is 0 Å². The second-order valence-corrected chi connectivity index (χ2v) is 4.41. The maximum atomic E-state index is 11.7. The van der Waals surface area contributed by atoms with Gasteiger partial charge in [0.15, 0.2) is 0 Å². The highest BCUT2D eigenvalue weighted by Gasteiger charge is 2.34. The van der Waals surface area contributed by atoms with Gasteiger partial charge >= 0.3 is 0 Å². The molecule has 1 fully saturated rings. The summed E-state index contributed by atoms with van der Waals surface area (Å²) in [7, 11) is 0. The molecule has 16 heavy (non-hydrogen) atoms. The van der Waals surface area contributed by atoms with Gasteiger partial charge in [-0.1, -0.05) is 13.3 Å². The average molecular weight is 230 g/mol. The molecule has 3 atom stereocenters. The van der Waals surface area contributed by atoms with Crippen LogP contribution in [0.2, 0.25) is 0 Å². The van der Waals surface area contributed by atoms with Gasteiger partial charge in [0.1, 0.15) is 0 Å². The number of amides is 1. The molecule has 1 aliphatic rings. The molecule has 5 nitrogen and oxygen atoms in total. The number of β-amino-alcohol motifs (C(OH)–C–C–N with tert-alkyl or cyclic N) is 2. The number of carbonyl (C=O) groups is 1. The van der Waals surface area contributed by atoms with Crippen molar-refractivity contribution in [1.82, 2.24) is 10.2 Å². The van der Waals surface area contributed by atoms with Crippen molar-refractivity contribution in [3.05, 3.63) is 0 Å². The predicted octanol–water partition coefficient (Wildman–Crippen LogP) is -0.671. The van der Waals surface area contributed by atoms with E-state index >= 15 is 0 Å². The van der Waals surface area contributed by atoms with Crippen molar-refractivity contribution in [2.75, 3.05) is 19.6 Å². The Balaban J connectivity index is 2.33. The Morgan fingerprint density at radius 2 is 2.00 bits per heavy atom. The van der Waals surface area contributed by atoms with Crippen LogP contribution in [-0.2, 0) is 4.79 Å². The SMILES string of the molecule is CCCCNC(=O)C(C)N1CC(O)C(O)C1. The number of carbonyl (C=O) groups excluding carboxylic acids is 1. The van der Waals surface area contributed by atoms with Crippen LogP contribution < -0.4 is 5.32 Å². The van der Waals surface area contributed by atoms with Crippen LogP contribution in [0.25, 0.3) is 0 Å². The molecule has 5 heteroatoms. The van der Waals surface area contributed by atoms with Gasteiger partial charge < -0.3 is 15.5 Å². The maximum Gasteiger partial charge on any atom is 0.237 e. The first-order valence-corrected chi connectivity index (χ1v) is 5.94. The Labute approximate surface area is 96.4 Å². The molecule has 0 aromatic heterocycles. The van der Waals surface area contributed by atoms with E-state index in [2.05, 4.69) is 12.2 Å². The molecular formula is C11H22N2O3. The van der Waals surface area contributed by atoms with Crippen LogP contribution in [0.15, 0.2) is 0 Å². The third-order valence-electron chi connectivity index (χ3n) is 3.04. The van der Waals surface area contributed by atoms with E-state index in [9.17, 15) is 15.0 Å². The lowest BCUT2D eigenvalue weighted by Crippen LogP contribution is -2.44. The molecule has 1 rings (SSSR count). The van der Waals surface area contributed by atoms with Crippen molar-refractivity contribution in [3.63, 3.8) is 0 Å². The van der Waals surface area contributed by atoms with Crippen LogP contribution in [0, 0.1) is 0 Å². The molecule has 3 unspecified atom stereocenters. The zero-order chi connectivity index (χ0) is 12.1. The number of hydrogen-bond acceptors (Lipinski definition) is 4. The number of likely N-dealkylation sites (tertiary alicyclic amines) is 1. The zero-order valence-corrected chi connectivity index (χ0v) is 10.0. The summed E-state index contributed by atoms with van der Waals surface area (Å²) in [5.74, 6) is -0.0326. The monoisotopic (exact) mass is 230 g/mol. The van der Waals surface area contributed by atoms with Crippen molar-refractivity contribution in [2.45, 2.75) is 44.9 Å².